The summed E-state index contributed by atoms with van der Waals surface area (Å²) in [5.74, 6) is 0. The molecular weight excluding hydrogens is 140 g/mol. The molecule has 0 aliphatic carbocycles. The maximum atomic E-state index is 8.39. The van der Waals surface area contributed by atoms with Crippen molar-refractivity contribution in [3.8, 4) is 6.07 Å². The second kappa shape index (κ2) is 6.14. The summed E-state index contributed by atoms with van der Waals surface area (Å²) in [4.78, 5) is 0. The van der Waals surface area contributed by atoms with Crippen molar-refractivity contribution in [1.82, 2.24) is 5.32 Å². The van der Waals surface area contributed by atoms with Gasteiger partial charge in [-0.2, -0.15) is 5.26 Å². The molecule has 3 nitrogen and oxygen atoms in total. The van der Waals surface area contributed by atoms with Gasteiger partial charge in [0.1, 0.15) is 0 Å². The molecule has 11 heavy (non-hydrogen) atoms. The molecular formula is C8H16N2O. The first kappa shape index (κ1) is 10.4. The van der Waals surface area contributed by atoms with E-state index in [0.717, 1.165) is 6.54 Å². The largest absolute Gasteiger partial charge is 0.377 e. The molecule has 0 aliphatic heterocycles. The predicted octanol–water partition coefficient (Wildman–Crippen LogP) is 0.913. The number of ether oxygens (including phenoxy) is 1. The summed E-state index contributed by atoms with van der Waals surface area (Å²) >= 11 is 0. The molecule has 0 rings (SSSR count). The molecule has 3 heteroatoms. The smallest absolute Gasteiger partial charge is 0.0925 e. The third kappa shape index (κ3) is 7.31. The first-order valence-corrected chi connectivity index (χ1v) is 3.91. The maximum Gasteiger partial charge on any atom is 0.0925 e. The van der Waals surface area contributed by atoms with Gasteiger partial charge in [-0.25, -0.2) is 0 Å². The summed E-state index contributed by atoms with van der Waals surface area (Å²) in [6.45, 7) is 7.23. The third-order valence-electron chi connectivity index (χ3n) is 1.20. The summed E-state index contributed by atoms with van der Waals surface area (Å²) < 4.78 is 5.26. The van der Waals surface area contributed by atoms with E-state index >= 15 is 0 Å². The van der Waals surface area contributed by atoms with Crippen LogP contribution in [0.25, 0.3) is 0 Å². The molecule has 0 amide bonds. The lowest BCUT2D eigenvalue weighted by molar-refractivity contribution is 0.0804. The average molecular weight is 156 g/mol. The lowest BCUT2D eigenvalue weighted by atomic mass is 10.4. The summed E-state index contributed by atoms with van der Waals surface area (Å²) in [7, 11) is 0. The Morgan fingerprint density at radius 1 is 1.45 bits per heavy atom. The normalized spacial score (nSPS) is 13.0. The molecule has 1 N–H and O–H groups in total. The van der Waals surface area contributed by atoms with Gasteiger partial charge in [0.25, 0.3) is 0 Å². The molecule has 0 aliphatic rings. The molecule has 0 heterocycles. The monoisotopic (exact) mass is 156 g/mol. The minimum Gasteiger partial charge on any atom is -0.377 e. The Morgan fingerprint density at radius 3 is 2.55 bits per heavy atom. The van der Waals surface area contributed by atoms with Gasteiger partial charge in [-0.3, -0.25) is 5.32 Å². The van der Waals surface area contributed by atoms with Gasteiger partial charge in [0.2, 0.25) is 0 Å². The molecule has 0 saturated carbocycles. The van der Waals surface area contributed by atoms with Crippen LogP contribution in [0.3, 0.4) is 0 Å². The number of nitriles is 1. The van der Waals surface area contributed by atoms with Gasteiger partial charge in [-0.1, -0.05) is 0 Å². The maximum absolute atomic E-state index is 8.39. The number of hydrogen-bond acceptors (Lipinski definition) is 3. The van der Waals surface area contributed by atoms with E-state index in [4.69, 9.17) is 10.00 Å². The van der Waals surface area contributed by atoms with Crippen LogP contribution in [-0.2, 0) is 4.74 Å². The average Bonchev–Trinajstić information content (AvgIpc) is 1.97. The summed E-state index contributed by atoms with van der Waals surface area (Å²) in [5, 5.41) is 11.4. The molecule has 0 spiro atoms. The summed E-state index contributed by atoms with van der Waals surface area (Å²) in [5.41, 5.74) is 0. The van der Waals surface area contributed by atoms with Crippen molar-refractivity contribution in [1.29, 1.82) is 5.26 Å². The van der Waals surface area contributed by atoms with Crippen molar-refractivity contribution in [3.05, 3.63) is 0 Å². The van der Waals surface area contributed by atoms with Gasteiger partial charge in [0.15, 0.2) is 0 Å². The van der Waals surface area contributed by atoms with E-state index in [1.807, 2.05) is 20.8 Å². The van der Waals surface area contributed by atoms with Crippen LogP contribution >= 0.6 is 0 Å². The highest BCUT2D eigenvalue weighted by atomic mass is 16.5. The highest BCUT2D eigenvalue weighted by molar-refractivity contribution is 4.84. The van der Waals surface area contributed by atoms with Gasteiger partial charge >= 0.3 is 0 Å². The molecule has 1 atom stereocenters. The Morgan fingerprint density at radius 2 is 2.09 bits per heavy atom. The zero-order chi connectivity index (χ0) is 8.69. The summed E-state index contributed by atoms with van der Waals surface area (Å²) in [6, 6.07) is 2.01. The molecule has 64 valence electrons. The Balaban J connectivity index is 3.10. The van der Waals surface area contributed by atoms with Crippen molar-refractivity contribution in [3.63, 3.8) is 0 Å². The quantitative estimate of drug-likeness (QED) is 0.602. The molecule has 0 aromatic heterocycles. The van der Waals surface area contributed by atoms with E-state index in [9.17, 15) is 0 Å². The Bertz CT molecular complexity index is 129. The molecule has 0 bridgehead atoms. The lowest BCUT2D eigenvalue weighted by Crippen LogP contribution is -2.28. The van der Waals surface area contributed by atoms with Crippen LogP contribution in [0.5, 0.6) is 0 Å². The van der Waals surface area contributed by atoms with E-state index in [1.165, 1.54) is 0 Å². The van der Waals surface area contributed by atoms with Crippen LogP contribution in [-0.4, -0.2) is 25.3 Å². The number of hydrogen-bond donors (Lipinski definition) is 1. The Hall–Kier alpha value is -0.590. The molecule has 0 aromatic rings. The molecule has 0 fully saturated rings. The van der Waals surface area contributed by atoms with Crippen LogP contribution in [0.2, 0.25) is 0 Å². The fourth-order valence-electron chi connectivity index (χ4n) is 0.616. The number of nitrogens with zero attached hydrogens (tertiary/aromatic N) is 1. The third-order valence-corrected chi connectivity index (χ3v) is 1.20. The fourth-order valence-corrected chi connectivity index (χ4v) is 0.616. The van der Waals surface area contributed by atoms with Crippen molar-refractivity contribution in [2.75, 3.05) is 13.2 Å². The van der Waals surface area contributed by atoms with E-state index in [2.05, 4.69) is 11.4 Å². The highest BCUT2D eigenvalue weighted by Gasteiger charge is 1.96. The van der Waals surface area contributed by atoms with E-state index in [-0.39, 0.29) is 12.1 Å². The molecule has 0 saturated heterocycles. The first-order chi connectivity index (χ1) is 5.16. The van der Waals surface area contributed by atoms with Crippen LogP contribution in [0.15, 0.2) is 0 Å². The minimum absolute atomic E-state index is 0.0780. The molecule has 1 unspecified atom stereocenters. The van der Waals surface area contributed by atoms with Crippen molar-refractivity contribution in [2.24, 2.45) is 0 Å². The standard InChI is InChI=1S/C8H16N2O/c1-7(2)11-5-4-10-8(3)6-9/h7-8,10H,4-5H2,1-3H3. The van der Waals surface area contributed by atoms with Gasteiger partial charge in [-0.05, 0) is 20.8 Å². The van der Waals surface area contributed by atoms with Crippen molar-refractivity contribution >= 4 is 0 Å². The zero-order valence-corrected chi connectivity index (χ0v) is 7.42. The number of rotatable bonds is 5. The van der Waals surface area contributed by atoms with E-state index in [0.29, 0.717) is 6.61 Å². The second-order valence-electron chi connectivity index (χ2n) is 2.72. The molecule has 0 aromatic carbocycles. The minimum atomic E-state index is -0.0780. The van der Waals surface area contributed by atoms with Gasteiger partial charge in [0.05, 0.1) is 24.8 Å². The summed E-state index contributed by atoms with van der Waals surface area (Å²) in [6.07, 6.45) is 0.272. The van der Waals surface area contributed by atoms with Gasteiger partial charge < -0.3 is 4.74 Å². The van der Waals surface area contributed by atoms with Crippen molar-refractivity contribution in [2.45, 2.75) is 32.9 Å². The van der Waals surface area contributed by atoms with E-state index in [1.54, 1.807) is 0 Å². The van der Waals surface area contributed by atoms with E-state index < -0.39 is 0 Å². The van der Waals surface area contributed by atoms with Crippen LogP contribution < -0.4 is 5.32 Å². The van der Waals surface area contributed by atoms with Crippen molar-refractivity contribution < 1.29 is 4.74 Å². The predicted molar refractivity (Wildman–Crippen MR) is 44.2 cm³/mol. The van der Waals surface area contributed by atoms with Crippen LogP contribution in [0, 0.1) is 11.3 Å². The lowest BCUT2D eigenvalue weighted by Gasteiger charge is -2.08. The SMILES string of the molecule is CC(C#N)NCCOC(C)C. The number of nitrogens with one attached hydrogen (secondary N) is 1. The highest BCUT2D eigenvalue weighted by Crippen LogP contribution is 1.85. The zero-order valence-electron chi connectivity index (χ0n) is 7.42. The fraction of sp³-hybridized carbons (Fsp3) is 0.875. The second-order valence-corrected chi connectivity index (χ2v) is 2.72. The van der Waals surface area contributed by atoms with Gasteiger partial charge in [-0.15, -0.1) is 0 Å². The Labute approximate surface area is 68.3 Å². The van der Waals surface area contributed by atoms with Crippen LogP contribution in [0.4, 0.5) is 0 Å². The Kier molecular flexibility index (Phi) is 5.81. The first-order valence-electron chi connectivity index (χ1n) is 3.91. The molecule has 0 radical (unpaired) electrons. The van der Waals surface area contributed by atoms with Crippen LogP contribution in [0.1, 0.15) is 20.8 Å². The topological polar surface area (TPSA) is 45.0 Å². The van der Waals surface area contributed by atoms with Gasteiger partial charge in [0, 0.05) is 6.54 Å².